The third-order valence-electron chi connectivity index (χ3n) is 2.15. The van der Waals surface area contributed by atoms with Crippen LogP contribution in [0, 0.1) is 17.2 Å². The summed E-state index contributed by atoms with van der Waals surface area (Å²) in [5, 5.41) is 7.27. The summed E-state index contributed by atoms with van der Waals surface area (Å²) in [5.41, 5.74) is 2.40. The fourth-order valence-corrected chi connectivity index (χ4v) is 1.54. The highest BCUT2D eigenvalue weighted by Gasteiger charge is 2.49. The Bertz CT molecular complexity index is 179. The molecule has 1 heteroatoms. The molecular weight excluding hydrogens is 98.1 g/mol. The summed E-state index contributed by atoms with van der Waals surface area (Å²) in [5.74, 6) is 1.42. The quantitative estimate of drug-likeness (QED) is 0.389. The van der Waals surface area contributed by atoms with Crippen molar-refractivity contribution in [1.82, 2.24) is 0 Å². The maximum absolute atomic E-state index is 7.27. The average Bonchev–Trinajstić information content (AvgIpc) is 2.07. The van der Waals surface area contributed by atoms with Crippen molar-refractivity contribution in [2.75, 3.05) is 0 Å². The molecule has 1 N–H and O–H groups in total. The second kappa shape index (κ2) is 1.04. The first-order chi connectivity index (χ1) is 3.80. The fourth-order valence-electron chi connectivity index (χ4n) is 1.54. The Morgan fingerprint density at radius 3 is 2.62 bits per heavy atom. The molecule has 0 spiro atoms. The lowest BCUT2D eigenvalue weighted by Gasteiger charge is -1.92. The molecule has 8 heavy (non-hydrogen) atoms. The van der Waals surface area contributed by atoms with Gasteiger partial charge in [0.05, 0.1) is 0 Å². The van der Waals surface area contributed by atoms with Crippen LogP contribution in [0.3, 0.4) is 0 Å². The zero-order valence-electron chi connectivity index (χ0n) is 4.94. The van der Waals surface area contributed by atoms with Crippen LogP contribution in [0.25, 0.3) is 0 Å². The predicted octanol–water partition coefficient (Wildman–Crippen LogP) is 1.60. The van der Waals surface area contributed by atoms with Crippen molar-refractivity contribution in [1.29, 1.82) is 5.41 Å². The number of fused-ring (bicyclic) bond motifs is 1. The van der Waals surface area contributed by atoms with Gasteiger partial charge in [-0.25, -0.2) is 0 Å². The number of hydrogen-bond acceptors (Lipinski definition) is 1. The molecule has 2 rings (SSSR count). The summed E-state index contributed by atoms with van der Waals surface area (Å²) in [6, 6.07) is 0. The number of rotatable bonds is 1. The average molecular weight is 107 g/mol. The topological polar surface area (TPSA) is 23.9 Å². The minimum Gasteiger partial charge on any atom is -0.309 e. The van der Waals surface area contributed by atoms with Crippen LogP contribution in [-0.4, -0.2) is 5.71 Å². The molecular formula is C7H9N. The second-order valence-electron chi connectivity index (χ2n) is 2.71. The second-order valence-corrected chi connectivity index (χ2v) is 2.71. The number of hydrogen-bond donors (Lipinski definition) is 1. The van der Waals surface area contributed by atoms with Gasteiger partial charge in [-0.2, -0.15) is 0 Å². The molecule has 1 fully saturated rings. The first-order valence-electron chi connectivity index (χ1n) is 3.05. The van der Waals surface area contributed by atoms with E-state index in [2.05, 4.69) is 6.08 Å². The van der Waals surface area contributed by atoms with Crippen LogP contribution in [-0.2, 0) is 0 Å². The van der Waals surface area contributed by atoms with Crippen LogP contribution >= 0.6 is 0 Å². The molecule has 0 radical (unpaired) electrons. The van der Waals surface area contributed by atoms with E-state index >= 15 is 0 Å². The highest BCUT2D eigenvalue weighted by Crippen LogP contribution is 2.56. The van der Waals surface area contributed by atoms with Crippen molar-refractivity contribution in [3.63, 3.8) is 0 Å². The molecule has 0 aromatic carbocycles. The molecule has 0 aliphatic heterocycles. The van der Waals surface area contributed by atoms with Gasteiger partial charge in [0.25, 0.3) is 0 Å². The maximum Gasteiger partial charge on any atom is 0.0244 e. The normalized spacial score (nSPS) is 39.4. The van der Waals surface area contributed by atoms with E-state index in [1.165, 1.54) is 12.0 Å². The molecule has 2 unspecified atom stereocenters. The van der Waals surface area contributed by atoms with Gasteiger partial charge in [0.2, 0.25) is 0 Å². The van der Waals surface area contributed by atoms with Crippen LogP contribution in [0.5, 0.6) is 0 Å². The number of nitrogens with one attached hydrogen (secondary N) is 1. The molecule has 2 aliphatic rings. The highest BCUT2D eigenvalue weighted by molar-refractivity contribution is 5.90. The van der Waals surface area contributed by atoms with E-state index in [1.54, 1.807) is 0 Å². The third kappa shape index (κ3) is 0.310. The van der Waals surface area contributed by atoms with Crippen molar-refractivity contribution in [2.45, 2.75) is 13.3 Å². The van der Waals surface area contributed by atoms with Crippen LogP contribution in [0.2, 0.25) is 0 Å². The lowest BCUT2D eigenvalue weighted by molar-refractivity contribution is 0.806. The smallest absolute Gasteiger partial charge is 0.0244 e. The van der Waals surface area contributed by atoms with Gasteiger partial charge in [0.15, 0.2) is 0 Å². The summed E-state index contributed by atoms with van der Waals surface area (Å²) in [6.07, 6.45) is 3.50. The van der Waals surface area contributed by atoms with E-state index in [1.807, 2.05) is 6.92 Å². The van der Waals surface area contributed by atoms with Crippen LogP contribution in [0.4, 0.5) is 0 Å². The standard InChI is InChI=1S/C7H9N/c1-4(8)7-5-2-3-6(5)7/h2,6-8H,3H2,1H3. The van der Waals surface area contributed by atoms with Crippen LogP contribution in [0.1, 0.15) is 13.3 Å². The molecule has 0 heterocycles. The van der Waals surface area contributed by atoms with E-state index in [0.29, 0.717) is 5.92 Å². The van der Waals surface area contributed by atoms with Crippen LogP contribution in [0.15, 0.2) is 11.6 Å². The summed E-state index contributed by atoms with van der Waals surface area (Å²) in [7, 11) is 0. The largest absolute Gasteiger partial charge is 0.309 e. The Labute approximate surface area is 48.9 Å². The van der Waals surface area contributed by atoms with Crippen molar-refractivity contribution < 1.29 is 0 Å². The molecule has 0 aromatic heterocycles. The minimum atomic E-state index is 0.593. The van der Waals surface area contributed by atoms with Gasteiger partial charge in [-0.15, -0.1) is 0 Å². The van der Waals surface area contributed by atoms with Gasteiger partial charge in [0, 0.05) is 11.6 Å². The van der Waals surface area contributed by atoms with E-state index in [4.69, 9.17) is 5.41 Å². The molecule has 0 saturated heterocycles. The maximum atomic E-state index is 7.27. The zero-order chi connectivity index (χ0) is 5.72. The van der Waals surface area contributed by atoms with Crippen molar-refractivity contribution >= 4 is 5.71 Å². The van der Waals surface area contributed by atoms with Gasteiger partial charge >= 0.3 is 0 Å². The van der Waals surface area contributed by atoms with E-state index < -0.39 is 0 Å². The summed E-state index contributed by atoms with van der Waals surface area (Å²) >= 11 is 0. The Morgan fingerprint density at radius 2 is 2.50 bits per heavy atom. The van der Waals surface area contributed by atoms with E-state index in [-0.39, 0.29) is 0 Å². The predicted molar refractivity (Wildman–Crippen MR) is 33.1 cm³/mol. The molecule has 0 aromatic rings. The number of allylic oxidation sites excluding steroid dienone is 2. The molecule has 1 nitrogen and oxygen atoms in total. The van der Waals surface area contributed by atoms with Crippen molar-refractivity contribution in [3.05, 3.63) is 11.6 Å². The van der Waals surface area contributed by atoms with Gasteiger partial charge < -0.3 is 5.41 Å². The van der Waals surface area contributed by atoms with Gasteiger partial charge in [-0.05, 0) is 19.3 Å². The molecule has 0 amide bonds. The Morgan fingerprint density at radius 1 is 1.88 bits per heavy atom. The summed E-state index contributed by atoms with van der Waals surface area (Å²) in [6.45, 7) is 1.91. The first-order valence-corrected chi connectivity index (χ1v) is 3.05. The molecule has 0 bridgehead atoms. The zero-order valence-corrected chi connectivity index (χ0v) is 4.94. The Hall–Kier alpha value is -0.590. The first kappa shape index (κ1) is 4.30. The molecule has 42 valence electrons. The van der Waals surface area contributed by atoms with Gasteiger partial charge in [-0.3, -0.25) is 0 Å². The highest BCUT2D eigenvalue weighted by atomic mass is 14.6. The minimum absolute atomic E-state index is 0.593. The third-order valence-corrected chi connectivity index (χ3v) is 2.15. The monoisotopic (exact) mass is 107 g/mol. The lowest BCUT2D eigenvalue weighted by Crippen LogP contribution is -1.91. The summed E-state index contributed by atoms with van der Waals surface area (Å²) in [4.78, 5) is 0. The molecule has 2 atom stereocenters. The SMILES string of the molecule is CC(=N)C1C2=CCC21. The van der Waals surface area contributed by atoms with E-state index in [9.17, 15) is 0 Å². The Kier molecular flexibility index (Phi) is 0.561. The Balaban J connectivity index is 2.17. The molecule has 1 saturated carbocycles. The fraction of sp³-hybridized carbons (Fsp3) is 0.571. The van der Waals surface area contributed by atoms with Crippen molar-refractivity contribution in [2.24, 2.45) is 11.8 Å². The van der Waals surface area contributed by atoms with Gasteiger partial charge in [0.1, 0.15) is 0 Å². The van der Waals surface area contributed by atoms with Crippen molar-refractivity contribution in [3.8, 4) is 0 Å². The van der Waals surface area contributed by atoms with Crippen LogP contribution < -0.4 is 0 Å². The van der Waals surface area contributed by atoms with E-state index in [0.717, 1.165) is 11.6 Å². The molecule has 2 aliphatic carbocycles. The van der Waals surface area contributed by atoms with Gasteiger partial charge in [-0.1, -0.05) is 11.6 Å². The summed E-state index contributed by atoms with van der Waals surface area (Å²) < 4.78 is 0. The lowest BCUT2D eigenvalue weighted by atomic mass is 10.1.